The number of hydrogen-bond acceptors (Lipinski definition) is 4. The first-order chi connectivity index (χ1) is 12.0. The van der Waals surface area contributed by atoms with E-state index < -0.39 is 0 Å². The molecule has 1 N–H and O–H groups in total. The minimum atomic E-state index is -0.348. The molecule has 0 aliphatic carbocycles. The molecule has 0 aliphatic heterocycles. The first kappa shape index (κ1) is 17.3. The van der Waals surface area contributed by atoms with Gasteiger partial charge in [-0.05, 0) is 37.6 Å². The van der Waals surface area contributed by atoms with E-state index in [0.717, 1.165) is 16.0 Å². The van der Waals surface area contributed by atoms with E-state index in [-0.39, 0.29) is 5.82 Å². The summed E-state index contributed by atoms with van der Waals surface area (Å²) in [4.78, 5) is 8.84. The van der Waals surface area contributed by atoms with Crippen LogP contribution in [0, 0.1) is 17.9 Å². The molecule has 0 saturated heterocycles. The van der Waals surface area contributed by atoms with E-state index in [1.807, 2.05) is 19.1 Å². The van der Waals surface area contributed by atoms with Crippen molar-refractivity contribution in [2.24, 2.45) is 0 Å². The molecule has 0 radical (unpaired) electrons. The molecule has 0 fully saturated rings. The second-order valence-electron chi connectivity index (χ2n) is 5.63. The number of nitrogens with one attached hydrogen (secondary N) is 1. The minimum absolute atomic E-state index is 0.348. The normalized spacial score (nSPS) is 10.7. The van der Waals surface area contributed by atoms with Gasteiger partial charge in [0, 0.05) is 40.0 Å². The van der Waals surface area contributed by atoms with Crippen molar-refractivity contribution in [3.8, 4) is 11.4 Å². The van der Waals surface area contributed by atoms with Crippen LogP contribution in [0.25, 0.3) is 11.4 Å². The van der Waals surface area contributed by atoms with Crippen LogP contribution < -0.4 is 10.0 Å². The quantitative estimate of drug-likeness (QED) is 0.522. The predicted octanol–water partition coefficient (Wildman–Crippen LogP) is 3.64. The SMILES string of the molecule is Cc1cc(NCCc2ccc[n+]([O-])c2)nc(-c2cc(F)cc(Br)c2)n1. The molecule has 1 aromatic carbocycles. The highest BCUT2D eigenvalue weighted by Gasteiger charge is 2.08. The highest BCUT2D eigenvalue weighted by molar-refractivity contribution is 9.10. The maximum atomic E-state index is 13.6. The van der Waals surface area contributed by atoms with Gasteiger partial charge in [0.05, 0.1) is 0 Å². The molecule has 2 heterocycles. The molecule has 128 valence electrons. The molecule has 0 amide bonds. The first-order valence-corrected chi connectivity index (χ1v) is 8.52. The fraction of sp³-hybridized carbons (Fsp3) is 0.167. The average molecular weight is 403 g/mol. The molecule has 3 rings (SSSR count). The summed E-state index contributed by atoms with van der Waals surface area (Å²) in [6, 6.07) is 10.0. The molecule has 7 heteroatoms. The van der Waals surface area contributed by atoms with Crippen molar-refractivity contribution in [1.29, 1.82) is 0 Å². The van der Waals surface area contributed by atoms with Crippen LogP contribution in [0.15, 0.2) is 53.3 Å². The van der Waals surface area contributed by atoms with Crippen LogP contribution in [0.3, 0.4) is 0 Å². The molecule has 2 aromatic heterocycles. The van der Waals surface area contributed by atoms with Crippen molar-refractivity contribution in [3.63, 3.8) is 0 Å². The second kappa shape index (κ2) is 7.57. The number of rotatable bonds is 5. The monoisotopic (exact) mass is 402 g/mol. The third kappa shape index (κ3) is 4.73. The largest absolute Gasteiger partial charge is 0.619 e. The standard InChI is InChI=1S/C18H16BrFN4O/c1-12-7-17(21-5-4-13-3-2-6-24(25)11-13)23-18(22-12)14-8-15(19)10-16(20)9-14/h2-3,6-11H,4-5H2,1H3,(H,21,22,23). The van der Waals surface area contributed by atoms with Crippen molar-refractivity contribution in [1.82, 2.24) is 9.97 Å². The summed E-state index contributed by atoms with van der Waals surface area (Å²) >= 11 is 3.28. The molecule has 0 saturated carbocycles. The van der Waals surface area contributed by atoms with Gasteiger partial charge >= 0.3 is 0 Å². The van der Waals surface area contributed by atoms with Crippen LogP contribution in [0.2, 0.25) is 0 Å². The van der Waals surface area contributed by atoms with Crippen molar-refractivity contribution in [2.75, 3.05) is 11.9 Å². The second-order valence-corrected chi connectivity index (χ2v) is 6.54. The Balaban J connectivity index is 1.75. The van der Waals surface area contributed by atoms with Crippen LogP contribution in [0.4, 0.5) is 10.2 Å². The van der Waals surface area contributed by atoms with Gasteiger partial charge in [-0.25, -0.2) is 14.4 Å². The first-order valence-electron chi connectivity index (χ1n) is 7.73. The third-order valence-corrected chi connectivity index (χ3v) is 3.99. The molecular weight excluding hydrogens is 387 g/mol. The zero-order valence-electron chi connectivity index (χ0n) is 13.5. The maximum Gasteiger partial charge on any atom is 0.183 e. The number of hydrogen-bond donors (Lipinski definition) is 1. The summed E-state index contributed by atoms with van der Waals surface area (Å²) in [5.41, 5.74) is 2.32. The number of halogens is 2. The summed E-state index contributed by atoms with van der Waals surface area (Å²) in [5.74, 6) is 0.771. The Morgan fingerprint density at radius 2 is 2.08 bits per heavy atom. The van der Waals surface area contributed by atoms with E-state index in [1.165, 1.54) is 18.3 Å². The van der Waals surface area contributed by atoms with E-state index in [4.69, 9.17) is 0 Å². The number of anilines is 1. The molecular formula is C18H16BrFN4O. The molecule has 0 aliphatic rings. The van der Waals surface area contributed by atoms with Gasteiger partial charge < -0.3 is 10.5 Å². The number of aryl methyl sites for hydroxylation is 1. The number of benzene rings is 1. The van der Waals surface area contributed by atoms with Gasteiger partial charge in [0.1, 0.15) is 11.6 Å². The van der Waals surface area contributed by atoms with Crippen molar-refractivity contribution >= 4 is 21.7 Å². The summed E-state index contributed by atoms with van der Waals surface area (Å²) < 4.78 is 15.0. The van der Waals surface area contributed by atoms with Crippen LogP contribution in [-0.2, 0) is 6.42 Å². The van der Waals surface area contributed by atoms with Crippen LogP contribution >= 0.6 is 15.9 Å². The predicted molar refractivity (Wildman–Crippen MR) is 97.5 cm³/mol. The Hall–Kier alpha value is -2.54. The topological polar surface area (TPSA) is 64.8 Å². The van der Waals surface area contributed by atoms with E-state index in [0.29, 0.717) is 34.6 Å². The van der Waals surface area contributed by atoms with E-state index in [9.17, 15) is 9.60 Å². The summed E-state index contributed by atoms with van der Waals surface area (Å²) in [7, 11) is 0. The summed E-state index contributed by atoms with van der Waals surface area (Å²) in [5, 5.41) is 14.5. The van der Waals surface area contributed by atoms with Gasteiger partial charge in [0.25, 0.3) is 0 Å². The van der Waals surface area contributed by atoms with Gasteiger partial charge in [0.2, 0.25) is 0 Å². The summed E-state index contributed by atoms with van der Waals surface area (Å²) in [6.07, 6.45) is 3.68. The van der Waals surface area contributed by atoms with Gasteiger partial charge in [-0.1, -0.05) is 15.9 Å². The minimum Gasteiger partial charge on any atom is -0.619 e. The van der Waals surface area contributed by atoms with Crippen molar-refractivity contribution in [2.45, 2.75) is 13.3 Å². The lowest BCUT2D eigenvalue weighted by Gasteiger charge is -2.09. The number of aromatic nitrogens is 3. The smallest absolute Gasteiger partial charge is 0.183 e. The maximum absolute atomic E-state index is 13.6. The zero-order valence-corrected chi connectivity index (χ0v) is 15.1. The Labute approximate surface area is 153 Å². The van der Waals surface area contributed by atoms with Gasteiger partial charge in [0.15, 0.2) is 18.2 Å². The Kier molecular flexibility index (Phi) is 5.23. The molecule has 0 spiro atoms. The van der Waals surface area contributed by atoms with E-state index >= 15 is 0 Å². The van der Waals surface area contributed by atoms with Crippen LogP contribution in [0.5, 0.6) is 0 Å². The Bertz CT molecular complexity index is 884. The summed E-state index contributed by atoms with van der Waals surface area (Å²) in [6.45, 7) is 2.48. The lowest BCUT2D eigenvalue weighted by Crippen LogP contribution is -2.25. The molecule has 5 nitrogen and oxygen atoms in total. The fourth-order valence-corrected chi connectivity index (χ4v) is 2.92. The zero-order chi connectivity index (χ0) is 17.8. The highest BCUT2D eigenvalue weighted by atomic mass is 79.9. The number of pyridine rings is 1. The van der Waals surface area contributed by atoms with Crippen LogP contribution in [0.1, 0.15) is 11.3 Å². The van der Waals surface area contributed by atoms with Crippen LogP contribution in [-0.4, -0.2) is 16.5 Å². The van der Waals surface area contributed by atoms with Gasteiger partial charge in [-0.2, -0.15) is 4.73 Å². The van der Waals surface area contributed by atoms with Crippen molar-refractivity contribution in [3.05, 3.63) is 75.5 Å². The van der Waals surface area contributed by atoms with E-state index in [2.05, 4.69) is 31.2 Å². The fourth-order valence-electron chi connectivity index (χ4n) is 2.45. The Morgan fingerprint density at radius 1 is 1.24 bits per heavy atom. The van der Waals surface area contributed by atoms with E-state index in [1.54, 1.807) is 18.3 Å². The average Bonchev–Trinajstić information content (AvgIpc) is 2.53. The lowest BCUT2D eigenvalue weighted by molar-refractivity contribution is -0.605. The van der Waals surface area contributed by atoms with Gasteiger partial charge in [-0.15, -0.1) is 0 Å². The Morgan fingerprint density at radius 3 is 2.84 bits per heavy atom. The highest BCUT2D eigenvalue weighted by Crippen LogP contribution is 2.23. The van der Waals surface area contributed by atoms with Gasteiger partial charge in [-0.3, -0.25) is 0 Å². The molecule has 0 unspecified atom stereocenters. The van der Waals surface area contributed by atoms with Crippen molar-refractivity contribution < 1.29 is 9.12 Å². The molecule has 3 aromatic rings. The number of nitrogens with zero attached hydrogens (tertiary/aromatic N) is 3. The molecule has 0 bridgehead atoms. The lowest BCUT2D eigenvalue weighted by atomic mass is 10.2. The third-order valence-electron chi connectivity index (χ3n) is 3.53. The molecule has 0 atom stereocenters. The molecule has 25 heavy (non-hydrogen) atoms.